The van der Waals surface area contributed by atoms with Crippen molar-refractivity contribution >= 4 is 28.8 Å². The van der Waals surface area contributed by atoms with Crippen molar-refractivity contribution in [2.24, 2.45) is 5.73 Å². The van der Waals surface area contributed by atoms with Gasteiger partial charge in [0.1, 0.15) is 5.69 Å². The molecule has 0 aliphatic carbocycles. The lowest BCUT2D eigenvalue weighted by Crippen LogP contribution is -2.33. The second kappa shape index (κ2) is 9.59. The Balaban J connectivity index is 1.48. The molecule has 7 nitrogen and oxygen atoms in total. The number of amides is 2. The van der Waals surface area contributed by atoms with E-state index in [1.165, 1.54) is 24.2 Å². The second-order valence-corrected chi connectivity index (χ2v) is 7.44. The maximum atomic E-state index is 12.2. The van der Waals surface area contributed by atoms with Gasteiger partial charge >= 0.3 is 0 Å². The molecule has 1 aliphatic rings. The summed E-state index contributed by atoms with van der Waals surface area (Å²) < 4.78 is 0. The van der Waals surface area contributed by atoms with Crippen LogP contribution < -0.4 is 16.4 Å². The molecule has 4 N–H and O–H groups in total. The third kappa shape index (κ3) is 5.59. The Morgan fingerprint density at radius 1 is 1.15 bits per heavy atom. The number of rotatable bonds is 8. The van der Waals surface area contributed by atoms with Crippen LogP contribution in [-0.2, 0) is 6.42 Å². The van der Waals surface area contributed by atoms with Crippen LogP contribution >= 0.6 is 11.3 Å². The van der Waals surface area contributed by atoms with E-state index in [1.54, 1.807) is 29.6 Å². The molecule has 2 heterocycles. The topological polar surface area (TPSA) is 100 Å². The highest BCUT2D eigenvalue weighted by Crippen LogP contribution is 2.14. The number of benzene rings is 1. The van der Waals surface area contributed by atoms with Crippen molar-refractivity contribution < 1.29 is 9.59 Å². The van der Waals surface area contributed by atoms with Gasteiger partial charge in [0.15, 0.2) is 0 Å². The molecule has 0 saturated carbocycles. The fourth-order valence-corrected chi connectivity index (χ4v) is 3.78. The third-order valence-corrected chi connectivity index (χ3v) is 5.37. The molecule has 1 aromatic carbocycles. The average molecular weight is 388 g/mol. The van der Waals surface area contributed by atoms with Crippen LogP contribution in [0.4, 0.5) is 5.69 Å². The lowest BCUT2D eigenvalue weighted by atomic mass is 10.2. The maximum Gasteiger partial charge on any atom is 0.275 e. The van der Waals surface area contributed by atoms with E-state index in [-0.39, 0.29) is 11.8 Å². The molecule has 1 aliphatic heterocycles. The van der Waals surface area contributed by atoms with Crippen LogP contribution in [0.3, 0.4) is 0 Å². The first-order valence-electron chi connectivity index (χ1n) is 9.22. The average Bonchev–Trinajstić information content (AvgIpc) is 3.35. The maximum absolute atomic E-state index is 12.2. The van der Waals surface area contributed by atoms with Crippen molar-refractivity contribution in [3.05, 3.63) is 45.9 Å². The molecular formula is C19H25N5O2S. The highest BCUT2D eigenvalue weighted by molar-refractivity contribution is 7.09. The van der Waals surface area contributed by atoms with Crippen molar-refractivity contribution in [2.75, 3.05) is 38.0 Å². The first-order valence-corrected chi connectivity index (χ1v) is 10.1. The number of nitrogens with one attached hydrogen (secondary N) is 2. The Morgan fingerprint density at radius 3 is 2.59 bits per heavy atom. The lowest BCUT2D eigenvalue weighted by molar-refractivity contribution is 0.0949. The van der Waals surface area contributed by atoms with Gasteiger partial charge in [-0.15, -0.1) is 11.3 Å². The molecule has 0 bridgehead atoms. The van der Waals surface area contributed by atoms with Gasteiger partial charge in [-0.25, -0.2) is 4.98 Å². The molecular weight excluding hydrogens is 362 g/mol. The molecule has 0 unspecified atom stereocenters. The van der Waals surface area contributed by atoms with E-state index in [9.17, 15) is 9.59 Å². The number of aromatic nitrogens is 1. The minimum absolute atomic E-state index is 0.0991. The summed E-state index contributed by atoms with van der Waals surface area (Å²) in [6.45, 7) is 4.29. The fraction of sp³-hybridized carbons (Fsp3) is 0.421. The molecule has 2 amide bonds. The van der Waals surface area contributed by atoms with Gasteiger partial charge < -0.3 is 21.3 Å². The van der Waals surface area contributed by atoms with Crippen LogP contribution in [-0.4, -0.2) is 54.4 Å². The van der Waals surface area contributed by atoms with Crippen molar-refractivity contribution in [2.45, 2.75) is 19.3 Å². The van der Waals surface area contributed by atoms with Gasteiger partial charge in [-0.1, -0.05) is 0 Å². The summed E-state index contributed by atoms with van der Waals surface area (Å²) in [6.07, 6.45) is 3.16. The standard InChI is InChI=1S/C19H25N5O2S/c20-8-7-17-23-16(13-27-17)19(26)22-15-5-3-14(4-6-15)18(25)21-9-12-24-10-1-2-11-24/h3-6,13H,1-2,7-12,20H2,(H,21,25)(H,22,26). The molecule has 3 rings (SSSR count). The summed E-state index contributed by atoms with van der Waals surface area (Å²) in [5.41, 5.74) is 7.09. The first kappa shape index (κ1) is 19.5. The number of carbonyl (C=O) groups is 2. The van der Waals surface area contributed by atoms with Gasteiger partial charge in [0.25, 0.3) is 11.8 Å². The predicted octanol–water partition coefficient (Wildman–Crippen LogP) is 1.72. The highest BCUT2D eigenvalue weighted by atomic mass is 32.1. The van der Waals surface area contributed by atoms with E-state index < -0.39 is 0 Å². The summed E-state index contributed by atoms with van der Waals surface area (Å²) in [4.78, 5) is 31.1. The number of anilines is 1. The Labute approximate surface area is 163 Å². The molecule has 0 atom stereocenters. The van der Waals surface area contributed by atoms with E-state index in [2.05, 4.69) is 20.5 Å². The zero-order valence-electron chi connectivity index (χ0n) is 15.2. The molecule has 0 radical (unpaired) electrons. The summed E-state index contributed by atoms with van der Waals surface area (Å²) in [5.74, 6) is -0.365. The van der Waals surface area contributed by atoms with Crippen molar-refractivity contribution in [3.8, 4) is 0 Å². The molecule has 2 aromatic rings. The molecule has 27 heavy (non-hydrogen) atoms. The quantitative estimate of drug-likeness (QED) is 0.640. The largest absolute Gasteiger partial charge is 0.351 e. The molecule has 0 spiro atoms. The number of hydrogen-bond donors (Lipinski definition) is 3. The zero-order chi connectivity index (χ0) is 19.1. The Morgan fingerprint density at radius 2 is 1.89 bits per heavy atom. The van der Waals surface area contributed by atoms with E-state index in [0.717, 1.165) is 24.6 Å². The SMILES string of the molecule is NCCc1nc(C(=O)Nc2ccc(C(=O)NCCN3CCCC3)cc2)cs1. The number of likely N-dealkylation sites (tertiary alicyclic amines) is 1. The Kier molecular flexibility index (Phi) is 6.92. The summed E-state index contributed by atoms with van der Waals surface area (Å²) in [5, 5.41) is 8.31. The fourth-order valence-electron chi connectivity index (χ4n) is 2.99. The van der Waals surface area contributed by atoms with Gasteiger partial charge in [-0.05, 0) is 56.7 Å². The molecule has 1 saturated heterocycles. The van der Waals surface area contributed by atoms with Crippen LogP contribution in [0.1, 0.15) is 38.7 Å². The third-order valence-electron chi connectivity index (χ3n) is 4.46. The molecule has 1 fully saturated rings. The van der Waals surface area contributed by atoms with Gasteiger partial charge in [0.2, 0.25) is 0 Å². The zero-order valence-corrected chi connectivity index (χ0v) is 16.1. The van der Waals surface area contributed by atoms with E-state index >= 15 is 0 Å². The van der Waals surface area contributed by atoms with Crippen LogP contribution in [0.2, 0.25) is 0 Å². The van der Waals surface area contributed by atoms with Crippen LogP contribution in [0.5, 0.6) is 0 Å². The number of carbonyl (C=O) groups excluding carboxylic acids is 2. The van der Waals surface area contributed by atoms with Gasteiger partial charge in [0, 0.05) is 36.1 Å². The second-order valence-electron chi connectivity index (χ2n) is 6.50. The van der Waals surface area contributed by atoms with Gasteiger partial charge in [0.05, 0.1) is 5.01 Å². The number of nitrogens with zero attached hydrogens (tertiary/aromatic N) is 2. The highest BCUT2D eigenvalue weighted by Gasteiger charge is 2.13. The van der Waals surface area contributed by atoms with Crippen LogP contribution in [0.15, 0.2) is 29.6 Å². The number of nitrogens with two attached hydrogens (primary N) is 1. The predicted molar refractivity (Wildman–Crippen MR) is 107 cm³/mol. The van der Waals surface area contributed by atoms with Gasteiger partial charge in [-0.2, -0.15) is 0 Å². The van der Waals surface area contributed by atoms with Gasteiger partial charge in [-0.3, -0.25) is 9.59 Å². The Hall–Kier alpha value is -2.29. The molecule has 8 heteroatoms. The number of hydrogen-bond acceptors (Lipinski definition) is 6. The van der Waals surface area contributed by atoms with E-state index in [4.69, 9.17) is 5.73 Å². The summed E-state index contributed by atoms with van der Waals surface area (Å²) in [7, 11) is 0. The van der Waals surface area contributed by atoms with E-state index in [0.29, 0.717) is 36.5 Å². The summed E-state index contributed by atoms with van der Waals surface area (Å²) in [6, 6.07) is 6.87. The van der Waals surface area contributed by atoms with E-state index in [1.807, 2.05) is 0 Å². The first-order chi connectivity index (χ1) is 13.2. The number of thiazole rings is 1. The smallest absolute Gasteiger partial charge is 0.275 e. The summed E-state index contributed by atoms with van der Waals surface area (Å²) >= 11 is 1.43. The molecule has 144 valence electrons. The Bertz CT molecular complexity index is 769. The van der Waals surface area contributed by atoms with Crippen molar-refractivity contribution in [1.82, 2.24) is 15.2 Å². The normalized spacial score (nSPS) is 14.3. The minimum Gasteiger partial charge on any atom is -0.351 e. The molecule has 1 aromatic heterocycles. The van der Waals surface area contributed by atoms with Crippen LogP contribution in [0, 0.1) is 0 Å². The monoisotopic (exact) mass is 387 g/mol. The lowest BCUT2D eigenvalue weighted by Gasteiger charge is -2.14. The van der Waals surface area contributed by atoms with Crippen molar-refractivity contribution in [3.63, 3.8) is 0 Å². The van der Waals surface area contributed by atoms with Crippen molar-refractivity contribution in [1.29, 1.82) is 0 Å². The van der Waals surface area contributed by atoms with Crippen LogP contribution in [0.25, 0.3) is 0 Å². The minimum atomic E-state index is -0.266.